The van der Waals surface area contributed by atoms with E-state index in [0.717, 1.165) is 21.3 Å². The lowest BCUT2D eigenvalue weighted by Crippen LogP contribution is -2.22. The number of halogens is 2. The summed E-state index contributed by atoms with van der Waals surface area (Å²) in [5, 5.41) is 4.47. The Morgan fingerprint density at radius 1 is 1.67 bits per heavy atom. The lowest BCUT2D eigenvalue weighted by Gasteiger charge is -2.15. The Balaban J connectivity index is 2.09. The summed E-state index contributed by atoms with van der Waals surface area (Å²) >= 11 is 11.3. The average molecular weight is 309 g/mol. The summed E-state index contributed by atoms with van der Waals surface area (Å²) in [6, 6.07) is 2.63. The molecule has 4 heteroatoms. The normalized spacial score (nSPS) is 18.1. The van der Waals surface area contributed by atoms with E-state index in [9.17, 15) is 0 Å². The summed E-state index contributed by atoms with van der Waals surface area (Å²) in [6.45, 7) is 3.29. The molecule has 1 heterocycles. The maximum atomic E-state index is 6.07. The molecule has 0 radical (unpaired) electrons. The summed E-state index contributed by atoms with van der Waals surface area (Å²) in [5.74, 6) is 0.832. The highest BCUT2D eigenvalue weighted by molar-refractivity contribution is 9.11. The van der Waals surface area contributed by atoms with Crippen molar-refractivity contribution in [3.05, 3.63) is 19.8 Å². The molecule has 1 aliphatic rings. The second kappa shape index (κ2) is 5.17. The SMILES string of the molecule is CCCNC(c1cc(Cl)c(Br)s1)C1CC1. The van der Waals surface area contributed by atoms with E-state index in [-0.39, 0.29) is 0 Å². The largest absolute Gasteiger partial charge is 0.309 e. The Morgan fingerprint density at radius 3 is 2.87 bits per heavy atom. The van der Waals surface area contributed by atoms with Gasteiger partial charge < -0.3 is 5.32 Å². The third-order valence-electron chi connectivity index (χ3n) is 2.68. The van der Waals surface area contributed by atoms with Gasteiger partial charge in [-0.3, -0.25) is 0 Å². The van der Waals surface area contributed by atoms with Crippen molar-refractivity contribution in [1.29, 1.82) is 0 Å². The monoisotopic (exact) mass is 307 g/mol. The molecular formula is C11H15BrClNS. The van der Waals surface area contributed by atoms with Crippen LogP contribution < -0.4 is 5.32 Å². The predicted molar refractivity (Wildman–Crippen MR) is 70.8 cm³/mol. The molecule has 1 atom stereocenters. The van der Waals surface area contributed by atoms with E-state index in [1.54, 1.807) is 11.3 Å². The van der Waals surface area contributed by atoms with E-state index in [4.69, 9.17) is 11.6 Å². The number of thiophene rings is 1. The molecule has 1 N–H and O–H groups in total. The van der Waals surface area contributed by atoms with Crippen LogP contribution in [0.25, 0.3) is 0 Å². The van der Waals surface area contributed by atoms with Crippen LogP contribution in [0.1, 0.15) is 37.1 Å². The van der Waals surface area contributed by atoms with Crippen molar-refractivity contribution in [3.8, 4) is 0 Å². The first kappa shape index (κ1) is 11.9. The highest BCUT2D eigenvalue weighted by Crippen LogP contribution is 2.45. The topological polar surface area (TPSA) is 12.0 Å². The minimum absolute atomic E-state index is 0.527. The van der Waals surface area contributed by atoms with Gasteiger partial charge in [-0.15, -0.1) is 11.3 Å². The van der Waals surface area contributed by atoms with Gasteiger partial charge in [0.15, 0.2) is 0 Å². The molecule has 0 aliphatic heterocycles. The maximum absolute atomic E-state index is 6.07. The Kier molecular flexibility index (Phi) is 4.10. The number of nitrogens with one attached hydrogen (secondary N) is 1. The van der Waals surface area contributed by atoms with Gasteiger partial charge in [0.05, 0.1) is 8.81 Å². The van der Waals surface area contributed by atoms with Crippen molar-refractivity contribution >= 4 is 38.9 Å². The van der Waals surface area contributed by atoms with Gasteiger partial charge in [-0.25, -0.2) is 0 Å². The molecule has 0 aromatic carbocycles. The van der Waals surface area contributed by atoms with Gasteiger partial charge in [-0.1, -0.05) is 18.5 Å². The predicted octanol–water partition coefficient (Wildman–Crippen LogP) is 4.61. The first-order valence-corrected chi connectivity index (χ1v) is 7.39. The van der Waals surface area contributed by atoms with Crippen molar-refractivity contribution in [2.45, 2.75) is 32.2 Å². The summed E-state index contributed by atoms with van der Waals surface area (Å²) in [5.41, 5.74) is 0. The number of hydrogen-bond donors (Lipinski definition) is 1. The fourth-order valence-electron chi connectivity index (χ4n) is 1.75. The highest BCUT2D eigenvalue weighted by atomic mass is 79.9. The molecular weight excluding hydrogens is 294 g/mol. The molecule has 15 heavy (non-hydrogen) atoms. The molecule has 1 saturated carbocycles. The minimum Gasteiger partial charge on any atom is -0.309 e. The van der Waals surface area contributed by atoms with Crippen molar-refractivity contribution in [3.63, 3.8) is 0 Å². The van der Waals surface area contributed by atoms with Gasteiger partial charge >= 0.3 is 0 Å². The zero-order valence-corrected chi connectivity index (χ0v) is 11.9. The second-order valence-electron chi connectivity index (χ2n) is 4.04. The van der Waals surface area contributed by atoms with E-state index in [0.29, 0.717) is 6.04 Å². The maximum Gasteiger partial charge on any atom is 0.0887 e. The molecule has 1 aromatic heterocycles. The fourth-order valence-corrected chi connectivity index (χ4v) is 3.66. The standard InChI is InChI=1S/C11H15BrClNS/c1-2-5-14-10(7-3-4-7)9-6-8(13)11(12)15-9/h6-7,10,14H,2-5H2,1H3. The molecule has 0 spiro atoms. The van der Waals surface area contributed by atoms with Gasteiger partial charge in [0.1, 0.15) is 0 Å². The fraction of sp³-hybridized carbons (Fsp3) is 0.636. The van der Waals surface area contributed by atoms with Crippen molar-refractivity contribution in [2.24, 2.45) is 5.92 Å². The van der Waals surface area contributed by atoms with Crippen molar-refractivity contribution < 1.29 is 0 Å². The first-order valence-electron chi connectivity index (χ1n) is 5.40. The average Bonchev–Trinajstić information content (AvgIpc) is 2.97. The Bertz CT molecular complexity index is 316. The summed E-state index contributed by atoms with van der Waals surface area (Å²) < 4.78 is 1.06. The Morgan fingerprint density at radius 2 is 2.40 bits per heavy atom. The molecule has 1 aliphatic carbocycles. The van der Waals surface area contributed by atoms with E-state index >= 15 is 0 Å². The van der Waals surface area contributed by atoms with Crippen LogP contribution in [0.5, 0.6) is 0 Å². The smallest absolute Gasteiger partial charge is 0.0887 e. The van der Waals surface area contributed by atoms with Gasteiger partial charge in [0.2, 0.25) is 0 Å². The van der Waals surface area contributed by atoms with Crippen molar-refractivity contribution in [1.82, 2.24) is 5.32 Å². The van der Waals surface area contributed by atoms with Crippen LogP contribution in [0, 0.1) is 5.92 Å². The van der Waals surface area contributed by atoms with E-state index in [2.05, 4.69) is 34.2 Å². The molecule has 1 nitrogen and oxygen atoms in total. The quantitative estimate of drug-likeness (QED) is 0.837. The Labute approximate surface area is 108 Å². The summed E-state index contributed by atoms with van der Waals surface area (Å²) in [6.07, 6.45) is 3.90. The third-order valence-corrected chi connectivity index (χ3v) is 5.24. The lowest BCUT2D eigenvalue weighted by atomic mass is 10.1. The third kappa shape index (κ3) is 2.96. The van der Waals surface area contributed by atoms with Crippen LogP contribution >= 0.6 is 38.9 Å². The zero-order valence-electron chi connectivity index (χ0n) is 8.72. The van der Waals surface area contributed by atoms with E-state index in [1.807, 2.05) is 0 Å². The van der Waals surface area contributed by atoms with Crippen LogP contribution in [0.3, 0.4) is 0 Å². The Hall–Kier alpha value is 0.430. The first-order chi connectivity index (χ1) is 7.22. The van der Waals surface area contributed by atoms with Crippen LogP contribution in [-0.4, -0.2) is 6.54 Å². The van der Waals surface area contributed by atoms with E-state index in [1.165, 1.54) is 24.1 Å². The zero-order chi connectivity index (χ0) is 10.8. The molecule has 1 unspecified atom stereocenters. The van der Waals surface area contributed by atoms with Gasteiger partial charge in [-0.2, -0.15) is 0 Å². The lowest BCUT2D eigenvalue weighted by molar-refractivity contribution is 0.488. The van der Waals surface area contributed by atoms with Gasteiger partial charge in [0, 0.05) is 10.9 Å². The molecule has 1 fully saturated rings. The van der Waals surface area contributed by atoms with E-state index < -0.39 is 0 Å². The highest BCUT2D eigenvalue weighted by Gasteiger charge is 2.33. The number of hydrogen-bond acceptors (Lipinski definition) is 2. The molecule has 2 rings (SSSR count). The molecule has 84 valence electrons. The van der Waals surface area contributed by atoms with Crippen LogP contribution in [-0.2, 0) is 0 Å². The van der Waals surface area contributed by atoms with Crippen molar-refractivity contribution in [2.75, 3.05) is 6.54 Å². The molecule has 0 amide bonds. The van der Waals surface area contributed by atoms with Gasteiger partial charge in [-0.05, 0) is 53.7 Å². The van der Waals surface area contributed by atoms with Crippen LogP contribution in [0.15, 0.2) is 9.85 Å². The molecule has 1 aromatic rings. The number of rotatable bonds is 5. The van der Waals surface area contributed by atoms with Gasteiger partial charge in [0.25, 0.3) is 0 Å². The molecule has 0 bridgehead atoms. The summed E-state index contributed by atoms with van der Waals surface area (Å²) in [7, 11) is 0. The second-order valence-corrected chi connectivity index (χ2v) is 6.85. The minimum atomic E-state index is 0.527. The van der Waals surface area contributed by atoms with Crippen LogP contribution in [0.2, 0.25) is 5.02 Å². The summed E-state index contributed by atoms with van der Waals surface area (Å²) in [4.78, 5) is 1.38. The molecule has 0 saturated heterocycles. The van der Waals surface area contributed by atoms with Crippen LogP contribution in [0.4, 0.5) is 0 Å².